The summed E-state index contributed by atoms with van der Waals surface area (Å²) in [6.45, 7) is 5.83. The van der Waals surface area contributed by atoms with E-state index in [1.807, 2.05) is 51.1 Å². The average Bonchev–Trinajstić information content (AvgIpc) is 2.65. The number of methoxy groups -OCH3 is 1. The van der Waals surface area contributed by atoms with E-state index in [-0.39, 0.29) is 17.1 Å². The molecule has 0 saturated heterocycles. The van der Waals surface area contributed by atoms with Crippen LogP contribution in [0.25, 0.3) is 6.08 Å². The van der Waals surface area contributed by atoms with Crippen LogP contribution in [0.2, 0.25) is 0 Å². The fourth-order valence-electron chi connectivity index (χ4n) is 4.05. The van der Waals surface area contributed by atoms with Gasteiger partial charge in [0.25, 0.3) is 10.0 Å². The lowest BCUT2D eigenvalue weighted by molar-refractivity contribution is -0.0411. The maximum atomic E-state index is 13.4. The molecule has 0 radical (unpaired) electrons. The smallest absolute Gasteiger partial charge is 0.264 e. The molecule has 0 fully saturated rings. The molecule has 5 nitrogen and oxygen atoms in total. The lowest BCUT2D eigenvalue weighted by Gasteiger charge is -2.43. The number of benzene rings is 2. The lowest BCUT2D eigenvalue weighted by atomic mass is 9.85. The molecule has 0 aromatic heterocycles. The van der Waals surface area contributed by atoms with Gasteiger partial charge in [-0.05, 0) is 56.2 Å². The molecule has 0 N–H and O–H groups in total. The van der Waals surface area contributed by atoms with Crippen LogP contribution in [0.4, 0.5) is 0 Å². The molecule has 0 bridgehead atoms. The molecule has 2 aliphatic rings. The van der Waals surface area contributed by atoms with Gasteiger partial charge in [0, 0.05) is 11.8 Å². The standard InChI is InChI=1S/C21H23NO4S/c1-13-5-8-17(9-6-13)27(23,24)22-12-11-16-7-10-18(25-4)19-14(2)26-15(3)21(22)20(16)19/h5-12,14-15,21H,1-4H3/t14-,15-,21?/m0/s1. The highest BCUT2D eigenvalue weighted by molar-refractivity contribution is 7.89. The first kappa shape index (κ1) is 18.1. The van der Waals surface area contributed by atoms with Gasteiger partial charge in [-0.15, -0.1) is 0 Å². The van der Waals surface area contributed by atoms with Gasteiger partial charge in [-0.2, -0.15) is 0 Å². The van der Waals surface area contributed by atoms with Crippen LogP contribution in [-0.4, -0.2) is 25.9 Å². The van der Waals surface area contributed by atoms with E-state index in [4.69, 9.17) is 9.47 Å². The van der Waals surface area contributed by atoms with E-state index in [2.05, 4.69) is 0 Å². The van der Waals surface area contributed by atoms with Gasteiger partial charge < -0.3 is 9.47 Å². The minimum atomic E-state index is -3.71. The summed E-state index contributed by atoms with van der Waals surface area (Å²) in [6, 6.07) is 10.4. The Morgan fingerprint density at radius 1 is 1.04 bits per heavy atom. The van der Waals surface area contributed by atoms with Crippen molar-refractivity contribution in [3.05, 3.63) is 64.9 Å². The van der Waals surface area contributed by atoms with Gasteiger partial charge in [0.1, 0.15) is 5.75 Å². The second-order valence-corrected chi connectivity index (χ2v) is 8.92. The Kier molecular flexibility index (Phi) is 4.28. The molecule has 2 aromatic rings. The van der Waals surface area contributed by atoms with Crippen molar-refractivity contribution in [2.24, 2.45) is 0 Å². The summed E-state index contributed by atoms with van der Waals surface area (Å²) in [4.78, 5) is 0.275. The highest BCUT2D eigenvalue weighted by Crippen LogP contribution is 2.49. The van der Waals surface area contributed by atoms with E-state index in [0.29, 0.717) is 0 Å². The Bertz CT molecular complexity index is 1010. The molecule has 142 valence electrons. The van der Waals surface area contributed by atoms with Crippen molar-refractivity contribution in [2.75, 3.05) is 7.11 Å². The zero-order valence-electron chi connectivity index (χ0n) is 15.8. The normalized spacial score (nSPS) is 23.9. The van der Waals surface area contributed by atoms with E-state index >= 15 is 0 Å². The Labute approximate surface area is 160 Å². The van der Waals surface area contributed by atoms with Crippen LogP contribution in [0.1, 0.15) is 48.2 Å². The van der Waals surface area contributed by atoms with Crippen molar-refractivity contribution >= 4 is 16.1 Å². The lowest BCUT2D eigenvalue weighted by Crippen LogP contribution is -2.42. The molecule has 2 aromatic carbocycles. The van der Waals surface area contributed by atoms with Gasteiger partial charge >= 0.3 is 0 Å². The fourth-order valence-corrected chi connectivity index (χ4v) is 5.57. The zero-order chi connectivity index (χ0) is 19.3. The Morgan fingerprint density at radius 3 is 2.41 bits per heavy atom. The summed E-state index contributed by atoms with van der Waals surface area (Å²) in [5.74, 6) is 0.723. The third-order valence-corrected chi connectivity index (χ3v) is 7.11. The second-order valence-electron chi connectivity index (χ2n) is 7.08. The van der Waals surface area contributed by atoms with Gasteiger partial charge in [-0.3, -0.25) is 4.31 Å². The Morgan fingerprint density at radius 2 is 1.74 bits per heavy atom. The van der Waals surface area contributed by atoms with Crippen LogP contribution in [0, 0.1) is 6.92 Å². The summed E-state index contributed by atoms with van der Waals surface area (Å²) < 4.78 is 39.8. The number of nitrogens with zero attached hydrogens (tertiary/aromatic N) is 1. The topological polar surface area (TPSA) is 55.8 Å². The quantitative estimate of drug-likeness (QED) is 0.795. The summed E-state index contributed by atoms with van der Waals surface area (Å²) in [6.07, 6.45) is 3.04. The van der Waals surface area contributed by atoms with Crippen LogP contribution in [0.5, 0.6) is 5.75 Å². The molecule has 0 aliphatic carbocycles. The van der Waals surface area contributed by atoms with Crippen molar-refractivity contribution in [1.82, 2.24) is 4.31 Å². The van der Waals surface area contributed by atoms with Gasteiger partial charge in [-0.25, -0.2) is 8.42 Å². The molecule has 1 unspecified atom stereocenters. The average molecular weight is 385 g/mol. The van der Waals surface area contributed by atoms with Crippen molar-refractivity contribution < 1.29 is 17.9 Å². The van der Waals surface area contributed by atoms with Crippen LogP contribution in [0.15, 0.2) is 47.5 Å². The van der Waals surface area contributed by atoms with Gasteiger partial charge in [0.2, 0.25) is 0 Å². The molecule has 4 rings (SSSR count). The molecule has 3 atom stereocenters. The molecule has 2 heterocycles. The van der Waals surface area contributed by atoms with Crippen LogP contribution in [-0.2, 0) is 14.8 Å². The van der Waals surface area contributed by atoms with Crippen LogP contribution in [0.3, 0.4) is 0 Å². The van der Waals surface area contributed by atoms with Gasteiger partial charge in [0.15, 0.2) is 0 Å². The SMILES string of the molecule is COc1ccc2c3c1[C@H](C)O[C@@H](C)C3N(S(=O)(=O)c1ccc(C)cc1)C=C2. The molecule has 27 heavy (non-hydrogen) atoms. The largest absolute Gasteiger partial charge is 0.496 e. The van der Waals surface area contributed by atoms with Crippen molar-refractivity contribution in [3.63, 3.8) is 0 Å². The zero-order valence-corrected chi connectivity index (χ0v) is 16.7. The van der Waals surface area contributed by atoms with Gasteiger partial charge in [0.05, 0.1) is 30.3 Å². The predicted octanol–water partition coefficient (Wildman–Crippen LogP) is 4.20. The monoisotopic (exact) mass is 385 g/mol. The number of rotatable bonds is 3. The number of hydrogen-bond donors (Lipinski definition) is 0. The van der Waals surface area contributed by atoms with E-state index < -0.39 is 16.1 Å². The molecular weight excluding hydrogens is 362 g/mol. The third kappa shape index (κ3) is 2.75. The minimum absolute atomic E-state index is 0.170. The number of aryl methyl sites for hydroxylation is 1. The molecule has 0 amide bonds. The minimum Gasteiger partial charge on any atom is -0.496 e. The molecular formula is C21H23NO4S. The van der Waals surface area contributed by atoms with E-state index in [0.717, 1.165) is 28.0 Å². The van der Waals surface area contributed by atoms with Crippen LogP contribution < -0.4 is 4.74 Å². The van der Waals surface area contributed by atoms with Gasteiger partial charge in [-0.1, -0.05) is 23.8 Å². The number of sulfonamides is 1. The first-order valence-corrected chi connectivity index (χ1v) is 10.4. The summed E-state index contributed by atoms with van der Waals surface area (Å²) in [7, 11) is -2.09. The van der Waals surface area contributed by atoms with E-state index in [9.17, 15) is 8.42 Å². The molecule has 6 heteroatoms. The second kappa shape index (κ2) is 6.39. The summed E-state index contributed by atoms with van der Waals surface area (Å²) in [5, 5.41) is 0. The first-order chi connectivity index (χ1) is 12.8. The van der Waals surface area contributed by atoms with E-state index in [1.54, 1.807) is 25.4 Å². The maximum Gasteiger partial charge on any atom is 0.264 e. The Balaban J connectivity index is 1.89. The summed E-state index contributed by atoms with van der Waals surface area (Å²) >= 11 is 0. The third-order valence-electron chi connectivity index (χ3n) is 5.34. The maximum absolute atomic E-state index is 13.4. The highest BCUT2D eigenvalue weighted by atomic mass is 32.2. The predicted molar refractivity (Wildman–Crippen MR) is 104 cm³/mol. The Hall–Kier alpha value is -2.31. The number of hydrogen-bond acceptors (Lipinski definition) is 4. The van der Waals surface area contributed by atoms with E-state index in [1.165, 1.54) is 4.31 Å². The van der Waals surface area contributed by atoms with Crippen molar-refractivity contribution in [1.29, 1.82) is 0 Å². The van der Waals surface area contributed by atoms with Crippen molar-refractivity contribution in [3.8, 4) is 5.75 Å². The molecule has 2 aliphatic heterocycles. The molecule has 0 saturated carbocycles. The molecule has 0 spiro atoms. The summed E-state index contributed by atoms with van der Waals surface area (Å²) in [5.41, 5.74) is 3.92. The number of ether oxygens (including phenoxy) is 2. The van der Waals surface area contributed by atoms with Crippen LogP contribution >= 0.6 is 0 Å². The fraction of sp³-hybridized carbons (Fsp3) is 0.333. The highest BCUT2D eigenvalue weighted by Gasteiger charge is 2.43. The van der Waals surface area contributed by atoms with Crippen molar-refractivity contribution in [2.45, 2.75) is 43.9 Å². The first-order valence-electron chi connectivity index (χ1n) is 8.99.